The van der Waals surface area contributed by atoms with Gasteiger partial charge in [-0.3, -0.25) is 4.90 Å². The molecule has 152 valence electrons. The summed E-state index contributed by atoms with van der Waals surface area (Å²) in [4.78, 5) is 13.4. The topological polar surface area (TPSA) is 99.8 Å². The molecule has 0 atom stereocenters. The summed E-state index contributed by atoms with van der Waals surface area (Å²) in [5.41, 5.74) is 1.66. The van der Waals surface area contributed by atoms with Crippen molar-refractivity contribution in [3.63, 3.8) is 0 Å². The first-order valence-electron chi connectivity index (χ1n) is 9.54. The summed E-state index contributed by atoms with van der Waals surface area (Å²) >= 11 is 0. The maximum Gasteiger partial charge on any atom is 0.230 e. The number of rotatable bonds is 7. The third-order valence-corrected chi connectivity index (χ3v) is 4.86. The van der Waals surface area contributed by atoms with Gasteiger partial charge >= 0.3 is 0 Å². The van der Waals surface area contributed by atoms with E-state index in [1.807, 2.05) is 30.3 Å². The van der Waals surface area contributed by atoms with Crippen molar-refractivity contribution in [2.75, 3.05) is 56.7 Å². The maximum absolute atomic E-state index is 9.07. The smallest absolute Gasteiger partial charge is 0.230 e. The molecular weight excluding hydrogens is 372 g/mol. The van der Waals surface area contributed by atoms with Crippen molar-refractivity contribution < 1.29 is 14.4 Å². The molecule has 1 aromatic carbocycles. The number of aliphatic hydroxyl groups is 1. The zero-order valence-corrected chi connectivity index (χ0v) is 16.3. The fourth-order valence-corrected chi connectivity index (χ4v) is 3.24. The molecule has 3 aromatic rings. The van der Waals surface area contributed by atoms with Gasteiger partial charge in [0.2, 0.25) is 11.8 Å². The van der Waals surface area contributed by atoms with Gasteiger partial charge in [-0.1, -0.05) is 5.16 Å². The van der Waals surface area contributed by atoms with Crippen LogP contribution < -0.4 is 15.0 Å². The molecule has 0 saturated carbocycles. The number of benzene rings is 1. The lowest BCUT2D eigenvalue weighted by atomic mass is 10.1. The van der Waals surface area contributed by atoms with Crippen molar-refractivity contribution in [1.82, 2.24) is 20.0 Å². The van der Waals surface area contributed by atoms with Gasteiger partial charge in [-0.2, -0.15) is 4.98 Å². The van der Waals surface area contributed by atoms with Gasteiger partial charge in [0.15, 0.2) is 0 Å². The summed E-state index contributed by atoms with van der Waals surface area (Å²) in [7, 11) is 1.64. The summed E-state index contributed by atoms with van der Waals surface area (Å²) in [6.07, 6.45) is 1.73. The van der Waals surface area contributed by atoms with Gasteiger partial charge in [-0.05, 0) is 30.3 Å². The normalized spacial score (nSPS) is 14.8. The highest BCUT2D eigenvalue weighted by Gasteiger charge is 2.19. The number of hydrogen-bond acceptors (Lipinski definition) is 9. The van der Waals surface area contributed by atoms with Crippen molar-refractivity contribution in [2.24, 2.45) is 0 Å². The van der Waals surface area contributed by atoms with Gasteiger partial charge in [-0.25, -0.2) is 4.98 Å². The molecule has 2 N–H and O–H groups in total. The summed E-state index contributed by atoms with van der Waals surface area (Å²) in [5.74, 6) is 2.62. The number of piperazine rings is 1. The summed E-state index contributed by atoms with van der Waals surface area (Å²) in [5, 5.41) is 16.3. The Hall–Kier alpha value is -3.17. The molecule has 1 aliphatic heterocycles. The maximum atomic E-state index is 9.07. The SMILES string of the molecule is COc1ccc(-c2cc(Nc3ccnc(N4CCN(CCO)CC4)n3)on2)cc1. The highest BCUT2D eigenvalue weighted by molar-refractivity contribution is 5.64. The lowest BCUT2D eigenvalue weighted by molar-refractivity contribution is 0.188. The number of aromatic nitrogens is 3. The molecule has 1 aliphatic rings. The van der Waals surface area contributed by atoms with Crippen LogP contribution in [0.3, 0.4) is 0 Å². The van der Waals surface area contributed by atoms with Crippen LogP contribution in [-0.2, 0) is 0 Å². The fraction of sp³-hybridized carbons (Fsp3) is 0.350. The minimum absolute atomic E-state index is 0.186. The average Bonchev–Trinajstić information content (AvgIpc) is 3.23. The predicted molar refractivity (Wildman–Crippen MR) is 110 cm³/mol. The molecule has 3 heterocycles. The van der Waals surface area contributed by atoms with Gasteiger partial charge in [-0.15, -0.1) is 0 Å². The van der Waals surface area contributed by atoms with Crippen LogP contribution in [0, 0.1) is 0 Å². The summed E-state index contributed by atoms with van der Waals surface area (Å²) < 4.78 is 10.6. The molecule has 0 spiro atoms. The van der Waals surface area contributed by atoms with Crippen molar-refractivity contribution in [1.29, 1.82) is 0 Å². The molecule has 4 rings (SSSR count). The third-order valence-electron chi connectivity index (χ3n) is 4.86. The van der Waals surface area contributed by atoms with Gasteiger partial charge < -0.3 is 24.6 Å². The molecule has 0 bridgehead atoms. The quantitative estimate of drug-likeness (QED) is 0.621. The van der Waals surface area contributed by atoms with Gasteiger partial charge in [0.25, 0.3) is 0 Å². The lowest BCUT2D eigenvalue weighted by Gasteiger charge is -2.34. The van der Waals surface area contributed by atoms with Crippen LogP contribution in [0.5, 0.6) is 5.75 Å². The Morgan fingerprint density at radius 1 is 1.14 bits per heavy atom. The van der Waals surface area contributed by atoms with Crippen molar-refractivity contribution >= 4 is 17.7 Å². The molecule has 2 aromatic heterocycles. The standard InChI is InChI=1S/C20H24N6O3/c1-28-16-4-2-15(3-5-16)17-14-19(29-24-17)22-18-6-7-21-20(23-18)26-10-8-25(9-11-26)12-13-27/h2-7,14,27H,8-13H2,1H3,(H,21,22,23). The second-order valence-corrected chi connectivity index (χ2v) is 6.72. The van der Waals surface area contributed by atoms with E-state index < -0.39 is 0 Å². The highest BCUT2D eigenvalue weighted by atomic mass is 16.5. The number of β-amino-alcohol motifs (C(OH)–C–C–N with tert-alkyl or cyclic N) is 1. The zero-order valence-electron chi connectivity index (χ0n) is 16.3. The van der Waals surface area contributed by atoms with E-state index >= 15 is 0 Å². The van der Waals surface area contributed by atoms with E-state index in [1.165, 1.54) is 0 Å². The first-order chi connectivity index (χ1) is 14.2. The molecule has 0 radical (unpaired) electrons. The van der Waals surface area contributed by atoms with Crippen LogP contribution >= 0.6 is 0 Å². The Kier molecular flexibility index (Phi) is 5.87. The van der Waals surface area contributed by atoms with E-state index in [1.54, 1.807) is 19.4 Å². The molecule has 0 amide bonds. The number of hydrogen-bond donors (Lipinski definition) is 2. The molecule has 1 fully saturated rings. The fourth-order valence-electron chi connectivity index (χ4n) is 3.24. The number of methoxy groups -OCH3 is 1. The van der Waals surface area contributed by atoms with E-state index in [-0.39, 0.29) is 6.61 Å². The monoisotopic (exact) mass is 396 g/mol. The molecular formula is C20H24N6O3. The Morgan fingerprint density at radius 2 is 1.93 bits per heavy atom. The Morgan fingerprint density at radius 3 is 2.66 bits per heavy atom. The van der Waals surface area contributed by atoms with Crippen LogP contribution in [0.25, 0.3) is 11.3 Å². The van der Waals surface area contributed by atoms with E-state index in [2.05, 4.69) is 30.2 Å². The first kappa shape index (κ1) is 19.2. The molecule has 0 aliphatic carbocycles. The largest absolute Gasteiger partial charge is 0.497 e. The second-order valence-electron chi connectivity index (χ2n) is 6.72. The van der Waals surface area contributed by atoms with Crippen LogP contribution in [0.1, 0.15) is 0 Å². The molecule has 29 heavy (non-hydrogen) atoms. The first-order valence-corrected chi connectivity index (χ1v) is 9.54. The van der Waals surface area contributed by atoms with Crippen molar-refractivity contribution in [2.45, 2.75) is 0 Å². The average molecular weight is 396 g/mol. The Bertz CT molecular complexity index is 922. The lowest BCUT2D eigenvalue weighted by Crippen LogP contribution is -2.47. The van der Waals surface area contributed by atoms with Crippen LogP contribution in [0.15, 0.2) is 47.1 Å². The third kappa shape index (κ3) is 4.64. The van der Waals surface area contributed by atoms with E-state index in [0.717, 1.165) is 43.2 Å². The number of ether oxygens (including phenoxy) is 1. The van der Waals surface area contributed by atoms with Gasteiger partial charge in [0.05, 0.1) is 13.7 Å². The number of nitrogens with zero attached hydrogens (tertiary/aromatic N) is 5. The molecule has 1 saturated heterocycles. The van der Waals surface area contributed by atoms with E-state index in [0.29, 0.717) is 24.2 Å². The molecule has 9 heteroatoms. The Labute approximate surface area is 168 Å². The van der Waals surface area contributed by atoms with Crippen LogP contribution in [0.2, 0.25) is 0 Å². The number of anilines is 3. The molecule has 9 nitrogen and oxygen atoms in total. The second kappa shape index (κ2) is 8.89. The van der Waals surface area contributed by atoms with E-state index in [4.69, 9.17) is 14.4 Å². The van der Waals surface area contributed by atoms with Crippen LogP contribution in [-0.4, -0.2) is 71.6 Å². The van der Waals surface area contributed by atoms with Crippen LogP contribution in [0.4, 0.5) is 17.7 Å². The van der Waals surface area contributed by atoms with Gasteiger partial charge in [0, 0.05) is 50.6 Å². The Balaban J connectivity index is 1.41. The number of nitrogens with one attached hydrogen (secondary N) is 1. The minimum atomic E-state index is 0.186. The predicted octanol–water partition coefficient (Wildman–Crippen LogP) is 2.00. The zero-order chi connectivity index (χ0) is 20.1. The summed E-state index contributed by atoms with van der Waals surface area (Å²) in [6.45, 7) is 4.31. The van der Waals surface area contributed by atoms with E-state index in [9.17, 15) is 0 Å². The van der Waals surface area contributed by atoms with Crippen molar-refractivity contribution in [3.8, 4) is 17.0 Å². The number of aliphatic hydroxyl groups excluding tert-OH is 1. The summed E-state index contributed by atoms with van der Waals surface area (Å²) in [6, 6.07) is 11.2. The molecule has 0 unspecified atom stereocenters. The van der Waals surface area contributed by atoms with Crippen molar-refractivity contribution in [3.05, 3.63) is 42.6 Å². The van der Waals surface area contributed by atoms with Gasteiger partial charge in [0.1, 0.15) is 17.3 Å². The highest BCUT2D eigenvalue weighted by Crippen LogP contribution is 2.25. The minimum Gasteiger partial charge on any atom is -0.497 e.